The van der Waals surface area contributed by atoms with Gasteiger partial charge in [0.05, 0.1) is 0 Å². The Balaban J connectivity index is 2.23. The summed E-state index contributed by atoms with van der Waals surface area (Å²) in [5, 5.41) is 6.80. The second-order valence-electron chi connectivity index (χ2n) is 4.43. The lowest BCUT2D eigenvalue weighted by molar-refractivity contribution is 0.571. The first-order valence-corrected chi connectivity index (χ1v) is 6.91. The maximum atomic E-state index is 14.0. The second kappa shape index (κ2) is 6.12. The average molecular weight is 282 g/mol. The van der Waals surface area contributed by atoms with Crippen LogP contribution >= 0.6 is 11.3 Å². The van der Waals surface area contributed by atoms with Crippen LogP contribution in [0.1, 0.15) is 11.1 Å². The van der Waals surface area contributed by atoms with E-state index in [4.69, 9.17) is 0 Å². The van der Waals surface area contributed by atoms with Gasteiger partial charge in [0.25, 0.3) is 0 Å². The zero-order valence-corrected chi connectivity index (χ0v) is 11.7. The average Bonchev–Trinajstić information content (AvgIpc) is 2.81. The van der Waals surface area contributed by atoms with Crippen molar-refractivity contribution < 1.29 is 8.78 Å². The van der Waals surface area contributed by atoms with E-state index in [1.807, 2.05) is 16.8 Å². The van der Waals surface area contributed by atoms with E-state index in [-0.39, 0.29) is 5.69 Å². The van der Waals surface area contributed by atoms with E-state index in [9.17, 15) is 8.78 Å². The number of rotatable bonds is 5. The molecule has 1 N–H and O–H groups in total. The molecule has 0 saturated heterocycles. The van der Waals surface area contributed by atoms with Crippen molar-refractivity contribution in [2.45, 2.75) is 13.1 Å². The Hall–Kier alpha value is -1.46. The predicted octanol–water partition coefficient (Wildman–Crippen LogP) is 3.38. The summed E-state index contributed by atoms with van der Waals surface area (Å²) in [5.74, 6) is -1.05. The molecule has 5 heteroatoms. The molecule has 1 aromatic carbocycles. The van der Waals surface area contributed by atoms with E-state index in [2.05, 4.69) is 5.32 Å². The van der Waals surface area contributed by atoms with Crippen LogP contribution in [-0.4, -0.2) is 14.1 Å². The van der Waals surface area contributed by atoms with Gasteiger partial charge in [0.1, 0.15) is 17.3 Å². The summed E-state index contributed by atoms with van der Waals surface area (Å²) < 4.78 is 28.0. The molecule has 0 spiro atoms. The Kier molecular flexibility index (Phi) is 4.50. The van der Waals surface area contributed by atoms with Gasteiger partial charge in [-0.1, -0.05) is 0 Å². The molecule has 1 heterocycles. The quantitative estimate of drug-likeness (QED) is 0.904. The van der Waals surface area contributed by atoms with Gasteiger partial charge in [0.2, 0.25) is 0 Å². The van der Waals surface area contributed by atoms with Gasteiger partial charge in [-0.05, 0) is 47.1 Å². The van der Waals surface area contributed by atoms with Gasteiger partial charge in [-0.15, -0.1) is 0 Å². The highest BCUT2D eigenvalue weighted by Crippen LogP contribution is 2.25. The number of hydrogen-bond acceptors (Lipinski definition) is 3. The molecule has 0 saturated carbocycles. The molecule has 0 atom stereocenters. The molecule has 102 valence electrons. The first-order chi connectivity index (χ1) is 9.11. The smallest absolute Gasteiger partial charge is 0.149 e. The summed E-state index contributed by atoms with van der Waals surface area (Å²) >= 11 is 1.57. The second-order valence-corrected chi connectivity index (χ2v) is 5.21. The van der Waals surface area contributed by atoms with Crippen LogP contribution in [0.25, 0.3) is 0 Å². The van der Waals surface area contributed by atoms with E-state index in [0.717, 1.165) is 5.56 Å². The van der Waals surface area contributed by atoms with Crippen molar-refractivity contribution in [2.75, 3.05) is 19.0 Å². The first-order valence-electron chi connectivity index (χ1n) is 5.96. The Bertz CT molecular complexity index is 517. The summed E-state index contributed by atoms with van der Waals surface area (Å²) in [6.07, 6.45) is 0. The summed E-state index contributed by atoms with van der Waals surface area (Å²) in [7, 11) is 3.43. The predicted molar refractivity (Wildman–Crippen MR) is 75.5 cm³/mol. The number of nitrogens with one attached hydrogen (secondary N) is 1. The van der Waals surface area contributed by atoms with Gasteiger partial charge in [0, 0.05) is 20.1 Å². The summed E-state index contributed by atoms with van der Waals surface area (Å²) in [5.41, 5.74) is 1.67. The SMILES string of the molecule is CNCc1cc(F)c(N(C)Cc2ccsc2)c(F)c1. The molecule has 0 amide bonds. The molecule has 1 aromatic heterocycles. The number of hydrogen-bond donors (Lipinski definition) is 1. The van der Waals surface area contributed by atoms with E-state index in [0.29, 0.717) is 18.7 Å². The van der Waals surface area contributed by atoms with Crippen LogP contribution < -0.4 is 10.2 Å². The number of benzene rings is 1. The normalized spacial score (nSPS) is 10.7. The van der Waals surface area contributed by atoms with Gasteiger partial charge >= 0.3 is 0 Å². The van der Waals surface area contributed by atoms with Gasteiger partial charge in [-0.3, -0.25) is 0 Å². The number of anilines is 1. The van der Waals surface area contributed by atoms with Crippen LogP contribution in [-0.2, 0) is 13.1 Å². The van der Waals surface area contributed by atoms with Crippen molar-refractivity contribution in [3.05, 3.63) is 51.7 Å². The van der Waals surface area contributed by atoms with Crippen molar-refractivity contribution >= 4 is 17.0 Å². The highest BCUT2D eigenvalue weighted by atomic mass is 32.1. The number of nitrogens with zero attached hydrogens (tertiary/aromatic N) is 1. The summed E-state index contributed by atoms with van der Waals surface area (Å²) in [4.78, 5) is 1.59. The Labute approximate surface area is 115 Å². The molecule has 0 aliphatic heterocycles. The molecule has 0 unspecified atom stereocenters. The van der Waals surface area contributed by atoms with E-state index >= 15 is 0 Å². The van der Waals surface area contributed by atoms with Crippen LogP contribution in [0.15, 0.2) is 29.0 Å². The van der Waals surface area contributed by atoms with Crippen molar-refractivity contribution in [3.63, 3.8) is 0 Å². The van der Waals surface area contributed by atoms with E-state index in [1.54, 1.807) is 30.3 Å². The van der Waals surface area contributed by atoms with E-state index in [1.165, 1.54) is 12.1 Å². The first kappa shape index (κ1) is 14.0. The Morgan fingerprint density at radius 3 is 2.42 bits per heavy atom. The van der Waals surface area contributed by atoms with Gasteiger partial charge < -0.3 is 10.2 Å². The maximum Gasteiger partial charge on any atom is 0.149 e. The Morgan fingerprint density at radius 1 is 1.21 bits per heavy atom. The molecule has 2 nitrogen and oxygen atoms in total. The van der Waals surface area contributed by atoms with Crippen LogP contribution in [0.5, 0.6) is 0 Å². The molecule has 2 aromatic rings. The van der Waals surface area contributed by atoms with Crippen LogP contribution in [0.3, 0.4) is 0 Å². The van der Waals surface area contributed by atoms with Gasteiger partial charge in [-0.25, -0.2) is 8.78 Å². The van der Waals surface area contributed by atoms with Gasteiger partial charge in [0.15, 0.2) is 0 Å². The zero-order valence-electron chi connectivity index (χ0n) is 10.9. The largest absolute Gasteiger partial charge is 0.365 e. The lowest BCUT2D eigenvalue weighted by Gasteiger charge is -2.20. The summed E-state index contributed by atoms with van der Waals surface area (Å²) in [6, 6.07) is 4.70. The molecular formula is C14H16F2N2S. The molecule has 0 aliphatic carbocycles. The third-order valence-corrected chi connectivity index (χ3v) is 3.57. The van der Waals surface area contributed by atoms with Gasteiger partial charge in [-0.2, -0.15) is 11.3 Å². The number of halogens is 2. The van der Waals surface area contributed by atoms with Crippen molar-refractivity contribution in [1.82, 2.24) is 5.32 Å². The fourth-order valence-electron chi connectivity index (χ4n) is 2.02. The molecule has 19 heavy (non-hydrogen) atoms. The Morgan fingerprint density at radius 2 is 1.89 bits per heavy atom. The lowest BCUT2D eigenvalue weighted by Crippen LogP contribution is -2.19. The highest BCUT2D eigenvalue weighted by molar-refractivity contribution is 7.07. The molecule has 0 radical (unpaired) electrons. The minimum absolute atomic E-state index is 0.0195. The van der Waals surface area contributed by atoms with Crippen LogP contribution in [0, 0.1) is 11.6 Å². The number of thiophene rings is 1. The third-order valence-electron chi connectivity index (χ3n) is 2.84. The van der Waals surface area contributed by atoms with Crippen molar-refractivity contribution in [2.24, 2.45) is 0 Å². The zero-order chi connectivity index (χ0) is 13.8. The maximum absolute atomic E-state index is 14.0. The minimum atomic E-state index is -0.525. The fourth-order valence-corrected chi connectivity index (χ4v) is 2.68. The monoisotopic (exact) mass is 282 g/mol. The van der Waals surface area contributed by atoms with Crippen molar-refractivity contribution in [1.29, 1.82) is 0 Å². The van der Waals surface area contributed by atoms with E-state index < -0.39 is 11.6 Å². The van der Waals surface area contributed by atoms with Crippen molar-refractivity contribution in [3.8, 4) is 0 Å². The van der Waals surface area contributed by atoms with Crippen LogP contribution in [0.4, 0.5) is 14.5 Å². The highest BCUT2D eigenvalue weighted by Gasteiger charge is 2.15. The fraction of sp³-hybridized carbons (Fsp3) is 0.286. The molecule has 0 fully saturated rings. The van der Waals surface area contributed by atoms with Crippen LogP contribution in [0.2, 0.25) is 0 Å². The topological polar surface area (TPSA) is 15.3 Å². The molecule has 0 aliphatic rings. The standard InChI is InChI=1S/C14H16F2N2S/c1-17-7-11-5-12(15)14(13(16)6-11)18(2)8-10-3-4-19-9-10/h3-6,9,17H,7-8H2,1-2H3. The lowest BCUT2D eigenvalue weighted by atomic mass is 10.1. The molecule has 2 rings (SSSR count). The third kappa shape index (κ3) is 3.30. The summed E-state index contributed by atoms with van der Waals surface area (Å²) in [6.45, 7) is 0.936. The molecular weight excluding hydrogens is 266 g/mol. The molecule has 0 bridgehead atoms. The minimum Gasteiger partial charge on any atom is -0.365 e.